The Morgan fingerprint density at radius 2 is 2.00 bits per heavy atom. The second-order valence-electron chi connectivity index (χ2n) is 5.86. The molecule has 4 nitrogen and oxygen atoms in total. The molecular formula is C15H24N4. The summed E-state index contributed by atoms with van der Waals surface area (Å²) in [7, 11) is 0. The SMILES string of the molecule is CCNc1cc(NC2CC3CCC2C3)nc(CC)n1. The van der Waals surface area contributed by atoms with Crippen molar-refractivity contribution in [3.8, 4) is 0 Å². The van der Waals surface area contributed by atoms with E-state index < -0.39 is 0 Å². The molecule has 2 fully saturated rings. The maximum absolute atomic E-state index is 4.62. The molecule has 0 radical (unpaired) electrons. The van der Waals surface area contributed by atoms with Crippen LogP contribution >= 0.6 is 0 Å². The molecule has 1 aromatic rings. The van der Waals surface area contributed by atoms with Crippen LogP contribution in [0.25, 0.3) is 0 Å². The number of hydrogen-bond acceptors (Lipinski definition) is 4. The van der Waals surface area contributed by atoms with Crippen molar-refractivity contribution < 1.29 is 0 Å². The van der Waals surface area contributed by atoms with Crippen molar-refractivity contribution in [1.82, 2.24) is 9.97 Å². The zero-order valence-corrected chi connectivity index (χ0v) is 11.9. The van der Waals surface area contributed by atoms with Gasteiger partial charge in [-0.05, 0) is 38.0 Å². The maximum Gasteiger partial charge on any atom is 0.132 e. The number of nitrogens with one attached hydrogen (secondary N) is 2. The van der Waals surface area contributed by atoms with Crippen LogP contribution in [0.3, 0.4) is 0 Å². The van der Waals surface area contributed by atoms with Crippen molar-refractivity contribution in [2.45, 2.75) is 52.0 Å². The summed E-state index contributed by atoms with van der Waals surface area (Å²) >= 11 is 0. The van der Waals surface area contributed by atoms with Crippen LogP contribution in [0.4, 0.5) is 11.6 Å². The lowest BCUT2D eigenvalue weighted by atomic mass is 9.95. The van der Waals surface area contributed by atoms with Crippen LogP contribution in [0.15, 0.2) is 6.07 Å². The average molecular weight is 260 g/mol. The quantitative estimate of drug-likeness (QED) is 0.854. The lowest BCUT2D eigenvalue weighted by molar-refractivity contribution is 0.439. The Morgan fingerprint density at radius 3 is 2.63 bits per heavy atom. The summed E-state index contributed by atoms with van der Waals surface area (Å²) in [6, 6.07) is 2.68. The Kier molecular flexibility index (Phi) is 3.58. The van der Waals surface area contributed by atoms with E-state index in [0.29, 0.717) is 6.04 Å². The first kappa shape index (κ1) is 12.7. The Bertz CT molecular complexity index is 446. The highest BCUT2D eigenvalue weighted by atomic mass is 15.1. The molecule has 3 atom stereocenters. The van der Waals surface area contributed by atoms with E-state index in [9.17, 15) is 0 Å². The largest absolute Gasteiger partial charge is 0.370 e. The van der Waals surface area contributed by atoms with Crippen molar-refractivity contribution in [2.24, 2.45) is 11.8 Å². The van der Waals surface area contributed by atoms with Gasteiger partial charge in [0.15, 0.2) is 0 Å². The van der Waals surface area contributed by atoms with Gasteiger partial charge in [0.05, 0.1) is 0 Å². The lowest BCUT2D eigenvalue weighted by Gasteiger charge is -2.23. The van der Waals surface area contributed by atoms with Gasteiger partial charge < -0.3 is 10.6 Å². The van der Waals surface area contributed by atoms with Gasteiger partial charge in [-0.15, -0.1) is 0 Å². The van der Waals surface area contributed by atoms with E-state index in [1.54, 1.807) is 0 Å². The molecule has 4 heteroatoms. The van der Waals surface area contributed by atoms with Crippen LogP contribution in [0, 0.1) is 11.8 Å². The van der Waals surface area contributed by atoms with Crippen molar-refractivity contribution in [3.63, 3.8) is 0 Å². The van der Waals surface area contributed by atoms with Crippen LogP contribution in [0.5, 0.6) is 0 Å². The first-order valence-electron chi connectivity index (χ1n) is 7.66. The molecule has 2 aliphatic rings. The molecule has 2 bridgehead atoms. The third kappa shape index (κ3) is 2.67. The summed E-state index contributed by atoms with van der Waals surface area (Å²) < 4.78 is 0. The third-order valence-corrected chi connectivity index (χ3v) is 4.52. The second-order valence-corrected chi connectivity index (χ2v) is 5.86. The summed E-state index contributed by atoms with van der Waals surface area (Å²) in [6.45, 7) is 5.09. The summed E-state index contributed by atoms with van der Waals surface area (Å²) in [5, 5.41) is 6.95. The van der Waals surface area contributed by atoms with Crippen LogP contribution in [-0.2, 0) is 6.42 Å². The Balaban J connectivity index is 1.74. The molecule has 1 aromatic heterocycles. The van der Waals surface area contributed by atoms with E-state index in [4.69, 9.17) is 0 Å². The van der Waals surface area contributed by atoms with Gasteiger partial charge in [-0.2, -0.15) is 0 Å². The van der Waals surface area contributed by atoms with Gasteiger partial charge in [0.2, 0.25) is 0 Å². The van der Waals surface area contributed by atoms with Gasteiger partial charge in [-0.25, -0.2) is 9.97 Å². The van der Waals surface area contributed by atoms with E-state index in [1.165, 1.54) is 25.7 Å². The van der Waals surface area contributed by atoms with Crippen LogP contribution in [0.2, 0.25) is 0 Å². The zero-order valence-electron chi connectivity index (χ0n) is 11.9. The predicted octanol–water partition coefficient (Wildman–Crippen LogP) is 3.07. The normalized spacial score (nSPS) is 28.6. The molecule has 0 saturated heterocycles. The fourth-order valence-corrected chi connectivity index (χ4v) is 3.61. The fraction of sp³-hybridized carbons (Fsp3) is 0.733. The number of anilines is 2. The summed E-state index contributed by atoms with van der Waals surface area (Å²) in [6.07, 6.45) is 6.46. The van der Waals surface area contributed by atoms with Crippen LogP contribution in [0.1, 0.15) is 45.4 Å². The van der Waals surface area contributed by atoms with Crippen molar-refractivity contribution in [3.05, 3.63) is 11.9 Å². The number of fused-ring (bicyclic) bond motifs is 2. The highest BCUT2D eigenvalue weighted by molar-refractivity contribution is 5.48. The van der Waals surface area contributed by atoms with Crippen molar-refractivity contribution in [1.29, 1.82) is 0 Å². The van der Waals surface area contributed by atoms with Crippen LogP contribution in [-0.4, -0.2) is 22.6 Å². The van der Waals surface area contributed by atoms with Crippen molar-refractivity contribution in [2.75, 3.05) is 17.2 Å². The average Bonchev–Trinajstić information content (AvgIpc) is 3.01. The van der Waals surface area contributed by atoms with Gasteiger partial charge in [-0.1, -0.05) is 13.3 Å². The Labute approximate surface area is 115 Å². The zero-order chi connectivity index (χ0) is 13.2. The molecule has 2 saturated carbocycles. The molecule has 0 spiro atoms. The first-order valence-corrected chi connectivity index (χ1v) is 7.66. The highest BCUT2D eigenvalue weighted by Gasteiger charge is 2.39. The summed E-state index contributed by atoms with van der Waals surface area (Å²) in [5.41, 5.74) is 0. The molecule has 2 aliphatic carbocycles. The molecular weight excluding hydrogens is 236 g/mol. The molecule has 2 N–H and O–H groups in total. The van der Waals surface area contributed by atoms with Gasteiger partial charge in [-0.3, -0.25) is 0 Å². The molecule has 0 amide bonds. The molecule has 3 unspecified atom stereocenters. The van der Waals surface area contributed by atoms with Gasteiger partial charge in [0, 0.05) is 25.1 Å². The standard InChI is InChI=1S/C15H24N4/c1-3-13-18-14(16-4-2)9-15(19-13)17-12-8-10-5-6-11(12)7-10/h9-12H,3-8H2,1-2H3,(H2,16,17,18,19). The van der Waals surface area contributed by atoms with Crippen molar-refractivity contribution >= 4 is 11.6 Å². The molecule has 104 valence electrons. The Morgan fingerprint density at radius 1 is 1.16 bits per heavy atom. The van der Waals surface area contributed by atoms with Gasteiger partial charge in [0.1, 0.15) is 17.5 Å². The first-order chi connectivity index (χ1) is 9.28. The monoisotopic (exact) mass is 260 g/mol. The smallest absolute Gasteiger partial charge is 0.132 e. The van der Waals surface area contributed by atoms with Gasteiger partial charge in [0.25, 0.3) is 0 Å². The molecule has 0 aromatic carbocycles. The molecule has 0 aliphatic heterocycles. The number of nitrogens with zero attached hydrogens (tertiary/aromatic N) is 2. The number of hydrogen-bond donors (Lipinski definition) is 2. The highest BCUT2D eigenvalue weighted by Crippen LogP contribution is 2.45. The number of aromatic nitrogens is 2. The van der Waals surface area contributed by atoms with E-state index in [1.807, 2.05) is 0 Å². The third-order valence-electron chi connectivity index (χ3n) is 4.52. The minimum atomic E-state index is 0.632. The van der Waals surface area contributed by atoms with Gasteiger partial charge >= 0.3 is 0 Å². The topological polar surface area (TPSA) is 49.8 Å². The maximum atomic E-state index is 4.62. The fourth-order valence-electron chi connectivity index (χ4n) is 3.61. The minimum absolute atomic E-state index is 0.632. The lowest BCUT2D eigenvalue weighted by Crippen LogP contribution is -2.26. The summed E-state index contributed by atoms with van der Waals surface area (Å²) in [4.78, 5) is 9.12. The van der Waals surface area contributed by atoms with E-state index in [2.05, 4.69) is 40.5 Å². The van der Waals surface area contributed by atoms with E-state index in [0.717, 1.165) is 42.3 Å². The Hall–Kier alpha value is -1.32. The number of rotatable bonds is 5. The van der Waals surface area contributed by atoms with Crippen LogP contribution < -0.4 is 10.6 Å². The molecule has 1 heterocycles. The van der Waals surface area contributed by atoms with E-state index >= 15 is 0 Å². The minimum Gasteiger partial charge on any atom is -0.370 e. The predicted molar refractivity (Wildman–Crippen MR) is 78.4 cm³/mol. The summed E-state index contributed by atoms with van der Waals surface area (Å²) in [5.74, 6) is 4.69. The molecule has 3 rings (SSSR count). The van der Waals surface area contributed by atoms with E-state index in [-0.39, 0.29) is 0 Å². The second kappa shape index (κ2) is 5.35. The molecule has 19 heavy (non-hydrogen) atoms. The number of aryl methyl sites for hydroxylation is 1.